The number of benzene rings is 2. The molecule has 3 aromatic rings. The van der Waals surface area contributed by atoms with Crippen molar-refractivity contribution in [2.24, 2.45) is 0 Å². The zero-order chi connectivity index (χ0) is 21.6. The van der Waals surface area contributed by atoms with E-state index in [1.807, 2.05) is 42.5 Å². The number of nitrogens with zero attached hydrogens (tertiary/aromatic N) is 3. The molecule has 0 aliphatic carbocycles. The van der Waals surface area contributed by atoms with Crippen molar-refractivity contribution in [1.29, 1.82) is 0 Å². The van der Waals surface area contributed by atoms with Gasteiger partial charge < -0.3 is 19.7 Å². The van der Waals surface area contributed by atoms with Crippen molar-refractivity contribution < 1.29 is 14.3 Å². The molecule has 1 unspecified atom stereocenters. The minimum atomic E-state index is -0.712. The molecule has 1 aliphatic rings. The molecule has 2 aromatic carbocycles. The number of aromatic nitrogens is 2. The third kappa shape index (κ3) is 5.31. The van der Waals surface area contributed by atoms with E-state index in [9.17, 15) is 4.79 Å². The van der Waals surface area contributed by atoms with E-state index in [1.165, 1.54) is 0 Å². The number of halogens is 1. The van der Waals surface area contributed by atoms with E-state index in [4.69, 9.17) is 21.1 Å². The molecule has 7 nitrogen and oxygen atoms in total. The first-order chi connectivity index (χ1) is 15.1. The zero-order valence-corrected chi connectivity index (χ0v) is 17.9. The van der Waals surface area contributed by atoms with Gasteiger partial charge in [0.1, 0.15) is 5.75 Å². The summed E-state index contributed by atoms with van der Waals surface area (Å²) in [4.78, 5) is 14.7. The fraction of sp³-hybridized carbons (Fsp3) is 0.261. The molecular weight excluding hydrogens is 416 g/mol. The molecule has 0 saturated carbocycles. The molecular formula is C23H23ClN4O3. The summed E-state index contributed by atoms with van der Waals surface area (Å²) in [5, 5.41) is 12.1. The highest BCUT2D eigenvalue weighted by Gasteiger charge is 2.17. The highest BCUT2D eigenvalue weighted by molar-refractivity contribution is 6.32. The molecule has 1 amide bonds. The van der Waals surface area contributed by atoms with E-state index >= 15 is 0 Å². The van der Waals surface area contributed by atoms with E-state index in [1.54, 1.807) is 25.1 Å². The van der Waals surface area contributed by atoms with Crippen molar-refractivity contribution in [3.8, 4) is 17.0 Å². The SMILES string of the molecule is CC(Oc1ccccc1Cl)C(=O)Nc1cccc(-c2ccc(N3CCOCC3)nn2)c1. The topological polar surface area (TPSA) is 76.6 Å². The zero-order valence-electron chi connectivity index (χ0n) is 17.1. The lowest BCUT2D eigenvalue weighted by atomic mass is 10.1. The maximum Gasteiger partial charge on any atom is 0.265 e. The van der Waals surface area contributed by atoms with E-state index in [-0.39, 0.29) is 5.91 Å². The van der Waals surface area contributed by atoms with Crippen molar-refractivity contribution in [2.75, 3.05) is 36.5 Å². The first-order valence-corrected chi connectivity index (χ1v) is 10.5. The molecule has 8 heteroatoms. The number of morpholine rings is 1. The predicted octanol–water partition coefficient (Wildman–Crippen LogP) is 4.04. The predicted molar refractivity (Wildman–Crippen MR) is 121 cm³/mol. The second-order valence-corrected chi connectivity index (χ2v) is 7.54. The number of para-hydroxylation sites is 1. The van der Waals surface area contributed by atoms with E-state index in [2.05, 4.69) is 20.4 Å². The number of nitrogens with one attached hydrogen (secondary N) is 1. The maximum atomic E-state index is 12.6. The standard InChI is InChI=1S/C23H23ClN4O3/c1-16(31-21-8-3-2-7-19(21)24)23(29)25-18-6-4-5-17(15-18)20-9-10-22(27-26-20)28-11-13-30-14-12-28/h2-10,15-16H,11-14H2,1H3,(H,25,29). The number of carbonyl (C=O) groups excluding carboxylic acids is 1. The summed E-state index contributed by atoms with van der Waals surface area (Å²) in [6, 6.07) is 18.4. The third-order valence-electron chi connectivity index (χ3n) is 4.92. The summed E-state index contributed by atoms with van der Waals surface area (Å²) in [6.07, 6.45) is -0.712. The Morgan fingerprint density at radius 2 is 1.90 bits per heavy atom. The van der Waals surface area contributed by atoms with Gasteiger partial charge in [-0.3, -0.25) is 4.79 Å². The molecule has 1 aliphatic heterocycles. The summed E-state index contributed by atoms with van der Waals surface area (Å²) in [5.74, 6) is 1.03. The third-order valence-corrected chi connectivity index (χ3v) is 5.23. The van der Waals surface area contributed by atoms with Gasteiger partial charge in [-0.2, -0.15) is 0 Å². The molecule has 4 rings (SSSR count). The van der Waals surface area contributed by atoms with Crippen LogP contribution in [0.15, 0.2) is 60.7 Å². The second kappa shape index (κ2) is 9.76. The fourth-order valence-electron chi connectivity index (χ4n) is 3.22. The van der Waals surface area contributed by atoms with Gasteiger partial charge in [-0.05, 0) is 43.3 Å². The Balaban J connectivity index is 1.42. The Kier molecular flexibility index (Phi) is 6.64. The lowest BCUT2D eigenvalue weighted by Crippen LogP contribution is -2.36. The summed E-state index contributed by atoms with van der Waals surface area (Å²) < 4.78 is 11.1. The van der Waals surface area contributed by atoms with Crippen LogP contribution in [0.4, 0.5) is 11.5 Å². The Morgan fingerprint density at radius 3 is 2.65 bits per heavy atom. The number of hydrogen-bond donors (Lipinski definition) is 1. The van der Waals surface area contributed by atoms with Crippen LogP contribution in [0.3, 0.4) is 0 Å². The van der Waals surface area contributed by atoms with Gasteiger partial charge in [-0.15, -0.1) is 10.2 Å². The van der Waals surface area contributed by atoms with Gasteiger partial charge in [-0.25, -0.2) is 0 Å². The molecule has 1 aromatic heterocycles. The smallest absolute Gasteiger partial charge is 0.265 e. The van der Waals surface area contributed by atoms with Gasteiger partial charge in [0.05, 0.1) is 23.9 Å². The minimum Gasteiger partial charge on any atom is -0.479 e. The van der Waals surface area contributed by atoms with Gasteiger partial charge in [0.15, 0.2) is 11.9 Å². The Morgan fingerprint density at radius 1 is 1.10 bits per heavy atom. The highest BCUT2D eigenvalue weighted by Crippen LogP contribution is 2.25. The van der Waals surface area contributed by atoms with Gasteiger partial charge in [0.2, 0.25) is 0 Å². The minimum absolute atomic E-state index is 0.272. The molecule has 0 radical (unpaired) electrons. The molecule has 0 bridgehead atoms. The lowest BCUT2D eigenvalue weighted by Gasteiger charge is -2.27. The number of amides is 1. The Bertz CT molecular complexity index is 1040. The number of ether oxygens (including phenoxy) is 2. The van der Waals surface area contributed by atoms with Crippen LogP contribution in [0, 0.1) is 0 Å². The van der Waals surface area contributed by atoms with Crippen LogP contribution in [-0.2, 0) is 9.53 Å². The molecule has 1 fully saturated rings. The fourth-order valence-corrected chi connectivity index (χ4v) is 3.41. The van der Waals surface area contributed by atoms with Crippen molar-refractivity contribution in [3.05, 3.63) is 65.7 Å². The number of rotatable bonds is 6. The van der Waals surface area contributed by atoms with Gasteiger partial charge in [0.25, 0.3) is 5.91 Å². The monoisotopic (exact) mass is 438 g/mol. The Labute approximate surface area is 186 Å². The van der Waals surface area contributed by atoms with Crippen LogP contribution >= 0.6 is 11.6 Å². The van der Waals surface area contributed by atoms with Gasteiger partial charge in [-0.1, -0.05) is 35.9 Å². The quantitative estimate of drug-likeness (QED) is 0.626. The van der Waals surface area contributed by atoms with Crippen LogP contribution in [0.2, 0.25) is 5.02 Å². The number of hydrogen-bond acceptors (Lipinski definition) is 6. The van der Waals surface area contributed by atoms with E-state index in [0.29, 0.717) is 29.7 Å². The average Bonchev–Trinajstić information content (AvgIpc) is 2.81. The van der Waals surface area contributed by atoms with Crippen molar-refractivity contribution in [1.82, 2.24) is 10.2 Å². The Hall–Kier alpha value is -3.16. The molecule has 1 N–H and O–H groups in total. The first-order valence-electron chi connectivity index (χ1n) is 10.1. The summed E-state index contributed by atoms with van der Waals surface area (Å²) in [7, 11) is 0. The largest absolute Gasteiger partial charge is 0.479 e. The molecule has 0 spiro atoms. The number of anilines is 2. The van der Waals surface area contributed by atoms with Crippen molar-refractivity contribution in [3.63, 3.8) is 0 Å². The van der Waals surface area contributed by atoms with Crippen LogP contribution in [0.5, 0.6) is 5.75 Å². The normalized spacial score (nSPS) is 14.7. The lowest BCUT2D eigenvalue weighted by molar-refractivity contribution is -0.122. The number of carbonyl (C=O) groups is 1. The average molecular weight is 439 g/mol. The van der Waals surface area contributed by atoms with Gasteiger partial charge >= 0.3 is 0 Å². The van der Waals surface area contributed by atoms with Crippen LogP contribution in [0.25, 0.3) is 11.3 Å². The van der Waals surface area contributed by atoms with Crippen LogP contribution < -0.4 is 15.0 Å². The van der Waals surface area contributed by atoms with Crippen molar-refractivity contribution in [2.45, 2.75) is 13.0 Å². The molecule has 1 atom stereocenters. The van der Waals surface area contributed by atoms with Crippen LogP contribution in [0.1, 0.15) is 6.92 Å². The second-order valence-electron chi connectivity index (χ2n) is 7.14. The summed E-state index contributed by atoms with van der Waals surface area (Å²) in [5.41, 5.74) is 2.24. The highest BCUT2D eigenvalue weighted by atomic mass is 35.5. The van der Waals surface area contributed by atoms with Crippen molar-refractivity contribution >= 4 is 29.0 Å². The molecule has 2 heterocycles. The van der Waals surface area contributed by atoms with E-state index in [0.717, 1.165) is 30.2 Å². The van der Waals surface area contributed by atoms with Crippen LogP contribution in [-0.4, -0.2) is 48.5 Å². The van der Waals surface area contributed by atoms with Gasteiger partial charge in [0, 0.05) is 24.3 Å². The molecule has 31 heavy (non-hydrogen) atoms. The van der Waals surface area contributed by atoms with E-state index < -0.39 is 6.10 Å². The molecule has 160 valence electrons. The summed E-state index contributed by atoms with van der Waals surface area (Å²) >= 11 is 6.10. The first kappa shape index (κ1) is 21.1. The maximum absolute atomic E-state index is 12.6. The summed E-state index contributed by atoms with van der Waals surface area (Å²) in [6.45, 7) is 4.69. The molecule has 1 saturated heterocycles.